The summed E-state index contributed by atoms with van der Waals surface area (Å²) >= 11 is 3.34. The van der Waals surface area contributed by atoms with Crippen LogP contribution in [-0.4, -0.2) is 17.8 Å². The molecule has 0 unspecified atom stereocenters. The van der Waals surface area contributed by atoms with E-state index in [-0.39, 0.29) is 5.91 Å². The SMILES string of the molecule is O=C(Cc1ccc2ccccc2c1)NCCCBr. The summed E-state index contributed by atoms with van der Waals surface area (Å²) in [5, 5.41) is 6.22. The van der Waals surface area contributed by atoms with Gasteiger partial charge in [-0.25, -0.2) is 0 Å². The number of rotatable bonds is 5. The van der Waals surface area contributed by atoms with Gasteiger partial charge in [0.25, 0.3) is 0 Å². The van der Waals surface area contributed by atoms with Gasteiger partial charge >= 0.3 is 0 Å². The molecule has 2 aromatic rings. The molecular weight excluding hydrogens is 290 g/mol. The number of amides is 1. The van der Waals surface area contributed by atoms with Crippen molar-refractivity contribution in [1.29, 1.82) is 0 Å². The normalized spacial score (nSPS) is 10.5. The Morgan fingerprint density at radius 2 is 1.89 bits per heavy atom. The quantitative estimate of drug-likeness (QED) is 0.666. The van der Waals surface area contributed by atoms with E-state index in [1.54, 1.807) is 0 Å². The Labute approximate surface area is 116 Å². The van der Waals surface area contributed by atoms with E-state index in [2.05, 4.69) is 45.5 Å². The Morgan fingerprint density at radius 1 is 1.11 bits per heavy atom. The van der Waals surface area contributed by atoms with E-state index in [1.165, 1.54) is 10.8 Å². The fraction of sp³-hybridized carbons (Fsp3) is 0.267. The molecule has 0 aliphatic heterocycles. The number of fused-ring (bicyclic) bond motifs is 1. The van der Waals surface area contributed by atoms with Crippen LogP contribution in [0.25, 0.3) is 10.8 Å². The lowest BCUT2D eigenvalue weighted by atomic mass is 10.0. The highest BCUT2D eigenvalue weighted by molar-refractivity contribution is 9.09. The summed E-state index contributed by atoms with van der Waals surface area (Å²) < 4.78 is 0. The smallest absolute Gasteiger partial charge is 0.224 e. The van der Waals surface area contributed by atoms with Crippen molar-refractivity contribution in [2.75, 3.05) is 11.9 Å². The Bertz CT molecular complexity index is 539. The molecule has 0 aliphatic carbocycles. The summed E-state index contributed by atoms with van der Waals surface area (Å²) in [5.74, 6) is 0.0891. The number of hydrogen-bond acceptors (Lipinski definition) is 1. The molecule has 0 radical (unpaired) electrons. The summed E-state index contributed by atoms with van der Waals surface area (Å²) in [6.07, 6.45) is 1.41. The molecule has 0 saturated heterocycles. The first-order valence-corrected chi connectivity index (χ1v) is 7.22. The molecule has 1 amide bonds. The Balaban J connectivity index is 2.01. The van der Waals surface area contributed by atoms with E-state index in [1.807, 2.05) is 18.2 Å². The minimum atomic E-state index is 0.0891. The van der Waals surface area contributed by atoms with Crippen LogP contribution >= 0.6 is 15.9 Å². The van der Waals surface area contributed by atoms with Gasteiger partial charge in [0.1, 0.15) is 0 Å². The monoisotopic (exact) mass is 305 g/mol. The van der Waals surface area contributed by atoms with E-state index in [0.29, 0.717) is 6.42 Å². The summed E-state index contributed by atoms with van der Waals surface area (Å²) in [5.41, 5.74) is 1.06. The number of benzene rings is 2. The molecule has 2 aromatic carbocycles. The topological polar surface area (TPSA) is 29.1 Å². The van der Waals surface area contributed by atoms with Gasteiger partial charge in [0, 0.05) is 11.9 Å². The lowest BCUT2D eigenvalue weighted by Crippen LogP contribution is -2.26. The molecule has 18 heavy (non-hydrogen) atoms. The largest absolute Gasteiger partial charge is 0.356 e. The minimum Gasteiger partial charge on any atom is -0.356 e. The third-order valence-electron chi connectivity index (χ3n) is 2.81. The van der Waals surface area contributed by atoms with Gasteiger partial charge in [0.2, 0.25) is 5.91 Å². The van der Waals surface area contributed by atoms with E-state index in [9.17, 15) is 4.79 Å². The van der Waals surface area contributed by atoms with Crippen molar-refractivity contribution in [1.82, 2.24) is 5.32 Å². The maximum atomic E-state index is 11.7. The van der Waals surface area contributed by atoms with E-state index in [0.717, 1.165) is 23.9 Å². The van der Waals surface area contributed by atoms with Gasteiger partial charge in [-0.1, -0.05) is 58.4 Å². The van der Waals surface area contributed by atoms with Gasteiger partial charge in [-0.2, -0.15) is 0 Å². The molecule has 2 rings (SSSR count). The molecule has 94 valence electrons. The van der Waals surface area contributed by atoms with Crippen molar-refractivity contribution in [3.63, 3.8) is 0 Å². The van der Waals surface area contributed by atoms with Crippen molar-refractivity contribution >= 4 is 32.6 Å². The fourth-order valence-corrected chi connectivity index (χ4v) is 2.17. The molecule has 1 N–H and O–H groups in total. The predicted molar refractivity (Wildman–Crippen MR) is 79.1 cm³/mol. The number of carbonyl (C=O) groups is 1. The van der Waals surface area contributed by atoms with E-state index >= 15 is 0 Å². The summed E-state index contributed by atoms with van der Waals surface area (Å²) in [6.45, 7) is 0.734. The van der Waals surface area contributed by atoms with E-state index in [4.69, 9.17) is 0 Å². The molecule has 2 nitrogen and oxygen atoms in total. The minimum absolute atomic E-state index is 0.0891. The number of alkyl halides is 1. The lowest BCUT2D eigenvalue weighted by Gasteiger charge is -2.05. The average Bonchev–Trinajstić information content (AvgIpc) is 2.39. The van der Waals surface area contributed by atoms with Crippen LogP contribution in [0.4, 0.5) is 0 Å². The zero-order chi connectivity index (χ0) is 12.8. The number of nitrogens with one attached hydrogen (secondary N) is 1. The Kier molecular flexibility index (Phi) is 4.76. The fourth-order valence-electron chi connectivity index (χ4n) is 1.89. The zero-order valence-electron chi connectivity index (χ0n) is 10.2. The third-order valence-corrected chi connectivity index (χ3v) is 3.37. The molecular formula is C15H16BrNO. The number of hydrogen-bond donors (Lipinski definition) is 1. The van der Waals surface area contributed by atoms with Crippen LogP contribution < -0.4 is 5.32 Å². The van der Waals surface area contributed by atoms with Gasteiger partial charge in [0.15, 0.2) is 0 Å². The van der Waals surface area contributed by atoms with Crippen molar-refractivity contribution in [3.8, 4) is 0 Å². The lowest BCUT2D eigenvalue weighted by molar-refractivity contribution is -0.120. The zero-order valence-corrected chi connectivity index (χ0v) is 11.7. The van der Waals surface area contributed by atoms with Crippen molar-refractivity contribution < 1.29 is 4.79 Å². The van der Waals surface area contributed by atoms with E-state index < -0.39 is 0 Å². The van der Waals surface area contributed by atoms with Gasteiger partial charge in [-0.05, 0) is 22.8 Å². The summed E-state index contributed by atoms with van der Waals surface area (Å²) in [4.78, 5) is 11.7. The first-order valence-electron chi connectivity index (χ1n) is 6.10. The maximum absolute atomic E-state index is 11.7. The molecule has 0 saturated carbocycles. The van der Waals surface area contributed by atoms with Crippen LogP contribution in [0.5, 0.6) is 0 Å². The molecule has 0 atom stereocenters. The maximum Gasteiger partial charge on any atom is 0.224 e. The van der Waals surface area contributed by atoms with Gasteiger partial charge in [-0.3, -0.25) is 4.79 Å². The van der Waals surface area contributed by atoms with Gasteiger partial charge < -0.3 is 5.32 Å². The van der Waals surface area contributed by atoms with Crippen LogP contribution in [0.3, 0.4) is 0 Å². The molecule has 0 aliphatic rings. The molecule has 0 heterocycles. The Morgan fingerprint density at radius 3 is 2.67 bits per heavy atom. The molecule has 0 spiro atoms. The van der Waals surface area contributed by atoms with Crippen LogP contribution in [0, 0.1) is 0 Å². The highest BCUT2D eigenvalue weighted by Crippen LogP contribution is 2.15. The highest BCUT2D eigenvalue weighted by atomic mass is 79.9. The molecule has 3 heteroatoms. The van der Waals surface area contributed by atoms with Gasteiger partial charge in [0.05, 0.1) is 6.42 Å². The van der Waals surface area contributed by atoms with Crippen molar-refractivity contribution in [3.05, 3.63) is 48.0 Å². The summed E-state index contributed by atoms with van der Waals surface area (Å²) in [7, 11) is 0. The molecule has 0 aromatic heterocycles. The van der Waals surface area contributed by atoms with Crippen LogP contribution in [0.15, 0.2) is 42.5 Å². The van der Waals surface area contributed by atoms with Crippen LogP contribution in [-0.2, 0) is 11.2 Å². The van der Waals surface area contributed by atoms with Crippen molar-refractivity contribution in [2.24, 2.45) is 0 Å². The molecule has 0 bridgehead atoms. The van der Waals surface area contributed by atoms with Crippen LogP contribution in [0.1, 0.15) is 12.0 Å². The average molecular weight is 306 g/mol. The van der Waals surface area contributed by atoms with Crippen molar-refractivity contribution in [2.45, 2.75) is 12.8 Å². The number of halogens is 1. The second-order valence-corrected chi connectivity index (χ2v) is 5.04. The third kappa shape index (κ3) is 3.57. The second kappa shape index (κ2) is 6.55. The number of carbonyl (C=O) groups excluding carboxylic acids is 1. The van der Waals surface area contributed by atoms with Crippen LogP contribution in [0.2, 0.25) is 0 Å². The first-order chi connectivity index (χ1) is 8.79. The highest BCUT2D eigenvalue weighted by Gasteiger charge is 2.03. The Hall–Kier alpha value is -1.35. The predicted octanol–water partition coefficient (Wildman–Crippen LogP) is 3.28. The second-order valence-electron chi connectivity index (χ2n) is 4.25. The van der Waals surface area contributed by atoms with Gasteiger partial charge in [-0.15, -0.1) is 0 Å². The molecule has 0 fully saturated rings. The first kappa shape index (κ1) is 13.1. The standard InChI is InChI=1S/C15H16BrNO/c16-8-3-9-17-15(18)11-12-6-7-13-4-1-2-5-14(13)10-12/h1-2,4-7,10H,3,8-9,11H2,(H,17,18). The summed E-state index contributed by atoms with van der Waals surface area (Å²) in [6, 6.07) is 14.4.